The van der Waals surface area contributed by atoms with Crippen molar-refractivity contribution in [1.82, 2.24) is 4.98 Å². The topological polar surface area (TPSA) is 88.8 Å². The van der Waals surface area contributed by atoms with Crippen LogP contribution in [-0.2, 0) is 10.0 Å². The molecule has 1 aromatic heterocycles. The van der Waals surface area contributed by atoms with E-state index in [1.807, 2.05) is 0 Å². The molecule has 0 saturated heterocycles. The average Bonchev–Trinajstić information content (AvgIpc) is 2.08. The van der Waals surface area contributed by atoms with Gasteiger partial charge in [-0.1, -0.05) is 23.9 Å². The Labute approximate surface area is 83.4 Å². The maximum Gasteiger partial charge on any atom is 0.178 e. The molecule has 0 radical (unpaired) electrons. The molecule has 0 unspecified atom stereocenters. The van der Waals surface area contributed by atoms with Crippen LogP contribution in [0.15, 0.2) is 18.3 Å². The summed E-state index contributed by atoms with van der Waals surface area (Å²) in [6.07, 6.45) is 1.52. The highest BCUT2D eigenvalue weighted by Crippen LogP contribution is 2.22. The molecule has 0 aliphatic heterocycles. The first-order chi connectivity index (χ1) is 6.55. The molecule has 3 N–H and O–H groups in total. The summed E-state index contributed by atoms with van der Waals surface area (Å²) in [7, 11) is -3.41. The number of pyridine rings is 1. The normalized spacial score (nSPS) is 11.3. The summed E-state index contributed by atoms with van der Waals surface area (Å²) in [4.78, 5) is 3.88. The van der Waals surface area contributed by atoms with Crippen molar-refractivity contribution in [3.63, 3.8) is 0 Å². The Morgan fingerprint density at radius 3 is 2.86 bits per heavy atom. The molecule has 1 heterocycles. The van der Waals surface area contributed by atoms with E-state index in [0.717, 1.165) is 5.56 Å². The molecule has 0 saturated carbocycles. The Morgan fingerprint density at radius 1 is 1.57 bits per heavy atom. The third-order valence-electron chi connectivity index (χ3n) is 1.61. The molecular weight excluding hydrogens is 202 g/mol. The van der Waals surface area contributed by atoms with Crippen molar-refractivity contribution in [2.24, 2.45) is 0 Å². The Morgan fingerprint density at radius 2 is 2.29 bits per heavy atom. The summed E-state index contributed by atoms with van der Waals surface area (Å²) in [6, 6.07) is 3.51. The maximum atomic E-state index is 11.3. The Hall–Kier alpha value is -1.14. The highest BCUT2D eigenvalue weighted by molar-refractivity contribution is 7.94. The number of aryl methyl sites for hydroxylation is 1. The van der Waals surface area contributed by atoms with Gasteiger partial charge in [0.2, 0.25) is 0 Å². The van der Waals surface area contributed by atoms with Crippen LogP contribution in [0.1, 0.15) is 5.56 Å². The first-order valence-electron chi connectivity index (χ1n) is 4.22. The third kappa shape index (κ3) is 2.97. The van der Waals surface area contributed by atoms with Crippen molar-refractivity contribution in [3.05, 3.63) is 28.6 Å². The van der Waals surface area contributed by atoms with Crippen LogP contribution >= 0.6 is 0 Å². The van der Waals surface area contributed by atoms with Gasteiger partial charge in [-0.3, -0.25) is 0 Å². The van der Waals surface area contributed by atoms with Crippen LogP contribution in [-0.4, -0.2) is 25.7 Å². The molecular formula is C8H13N3O2S. The molecule has 1 aromatic rings. The van der Waals surface area contributed by atoms with E-state index in [0.29, 0.717) is 6.54 Å². The van der Waals surface area contributed by atoms with Crippen LogP contribution in [0.3, 0.4) is 0 Å². The van der Waals surface area contributed by atoms with Crippen LogP contribution < -0.4 is 5.73 Å². The highest BCUT2D eigenvalue weighted by atomic mass is 32.2. The number of rotatable bonds is 4. The van der Waals surface area contributed by atoms with Gasteiger partial charge in [0.25, 0.3) is 0 Å². The number of hydrogen-bond donors (Lipinski definition) is 1. The number of nitrogens with zero attached hydrogens (tertiary/aromatic N) is 2. The second kappa shape index (κ2) is 4.39. The van der Waals surface area contributed by atoms with E-state index in [1.54, 1.807) is 19.1 Å². The van der Waals surface area contributed by atoms with E-state index in [9.17, 15) is 8.42 Å². The minimum atomic E-state index is -3.41. The molecule has 0 aromatic carbocycles. The predicted molar refractivity (Wildman–Crippen MR) is 53.5 cm³/mol. The lowest BCUT2D eigenvalue weighted by molar-refractivity contribution is -0.360. The molecule has 14 heavy (non-hydrogen) atoms. The lowest BCUT2D eigenvalue weighted by atomic mass is 10.3. The van der Waals surface area contributed by atoms with Crippen LogP contribution in [0, 0.1) is 6.92 Å². The largest absolute Gasteiger partial charge is 0.442 e. The molecule has 0 fully saturated rings. The van der Waals surface area contributed by atoms with Crippen molar-refractivity contribution >= 4 is 15.8 Å². The van der Waals surface area contributed by atoms with E-state index in [2.05, 4.69) is 15.4 Å². The van der Waals surface area contributed by atoms with Gasteiger partial charge in [-0.2, -0.15) is 0 Å². The number of hydrogen-bond acceptors (Lipinski definition) is 3. The van der Waals surface area contributed by atoms with Crippen molar-refractivity contribution < 1.29 is 14.2 Å². The zero-order valence-corrected chi connectivity index (χ0v) is 8.79. The predicted octanol–water partition coefficient (Wildman–Crippen LogP) is -0.0331. The van der Waals surface area contributed by atoms with Gasteiger partial charge in [-0.05, 0) is 12.7 Å². The Bertz CT molecular complexity index is 403. The van der Waals surface area contributed by atoms with E-state index < -0.39 is 10.0 Å². The first-order valence-corrected chi connectivity index (χ1v) is 5.82. The summed E-state index contributed by atoms with van der Waals surface area (Å²) in [5, 5.41) is 0. The van der Waals surface area contributed by atoms with Crippen LogP contribution in [0.4, 0.5) is 5.82 Å². The smallest absolute Gasteiger partial charge is 0.178 e. The monoisotopic (exact) mass is 215 g/mol. The molecule has 0 atom stereocenters. The molecule has 0 spiro atoms. The van der Waals surface area contributed by atoms with Gasteiger partial charge >= 0.3 is 0 Å². The van der Waals surface area contributed by atoms with Gasteiger partial charge in [-0.15, -0.1) is 0 Å². The first kappa shape index (κ1) is 10.9. The van der Waals surface area contributed by atoms with Gasteiger partial charge < -0.3 is 15.4 Å². The second-order valence-corrected chi connectivity index (χ2v) is 4.63. The van der Waals surface area contributed by atoms with Crippen molar-refractivity contribution in [1.29, 1.82) is 0 Å². The molecule has 78 valence electrons. The standard InChI is InChI=1S/C8H12N3O2S/c1-7-3-2-5-10-8(7)11-14(12,13)6-4-9/h2-3,5H,4,6,9H2,1H3/q-1/p+1. The van der Waals surface area contributed by atoms with Crippen molar-refractivity contribution in [2.45, 2.75) is 6.92 Å². The van der Waals surface area contributed by atoms with Crippen LogP contribution in [0.2, 0.25) is 0 Å². The summed E-state index contributed by atoms with van der Waals surface area (Å²) in [5.74, 6) is 0.226. The van der Waals surface area contributed by atoms with Gasteiger partial charge in [0, 0.05) is 0 Å². The van der Waals surface area contributed by atoms with Crippen LogP contribution in [0.25, 0.3) is 4.72 Å². The third-order valence-corrected chi connectivity index (χ3v) is 2.87. The molecule has 0 aliphatic rings. The van der Waals surface area contributed by atoms with Gasteiger partial charge in [0.15, 0.2) is 10.0 Å². The van der Waals surface area contributed by atoms with Gasteiger partial charge in [0.1, 0.15) is 5.75 Å². The molecule has 0 amide bonds. The van der Waals surface area contributed by atoms with Crippen molar-refractivity contribution in [3.8, 4) is 0 Å². The summed E-state index contributed by atoms with van der Waals surface area (Å²) in [6.45, 7) is 2.09. The lowest BCUT2D eigenvalue weighted by Gasteiger charge is -2.16. The fourth-order valence-electron chi connectivity index (χ4n) is 0.933. The number of quaternary nitrogens is 1. The second-order valence-electron chi connectivity index (χ2n) is 2.87. The maximum absolute atomic E-state index is 11.3. The fourth-order valence-corrected chi connectivity index (χ4v) is 1.84. The lowest BCUT2D eigenvalue weighted by Crippen LogP contribution is -2.52. The molecule has 1 rings (SSSR count). The molecule has 5 nitrogen and oxygen atoms in total. The summed E-state index contributed by atoms with van der Waals surface area (Å²) >= 11 is 0. The zero-order valence-electron chi connectivity index (χ0n) is 7.97. The zero-order chi connectivity index (χ0) is 10.6. The molecule has 6 heteroatoms. The molecule has 0 aliphatic carbocycles. The Kier molecular flexibility index (Phi) is 3.43. The fraction of sp³-hybridized carbons (Fsp3) is 0.375. The minimum absolute atomic E-state index is 0.0387. The average molecular weight is 215 g/mol. The van der Waals surface area contributed by atoms with E-state index >= 15 is 0 Å². The van der Waals surface area contributed by atoms with E-state index in [-0.39, 0.29) is 11.6 Å². The quantitative estimate of drug-likeness (QED) is 0.764. The number of sulfonamides is 1. The van der Waals surface area contributed by atoms with Gasteiger partial charge in [0.05, 0.1) is 6.54 Å². The Balaban J connectivity index is 2.84. The van der Waals surface area contributed by atoms with E-state index in [1.165, 1.54) is 6.20 Å². The van der Waals surface area contributed by atoms with E-state index in [4.69, 9.17) is 0 Å². The minimum Gasteiger partial charge on any atom is -0.442 e. The SMILES string of the molecule is Cc1cccnc1[N-]S(=O)(=O)CC[NH3+]. The summed E-state index contributed by atoms with van der Waals surface area (Å²) < 4.78 is 26.2. The van der Waals surface area contributed by atoms with Gasteiger partial charge in [-0.25, -0.2) is 8.42 Å². The van der Waals surface area contributed by atoms with Crippen molar-refractivity contribution in [2.75, 3.05) is 12.3 Å². The van der Waals surface area contributed by atoms with Crippen LogP contribution in [0.5, 0.6) is 0 Å². The highest BCUT2D eigenvalue weighted by Gasteiger charge is 2.05. The number of aromatic nitrogens is 1. The molecule has 0 bridgehead atoms. The summed E-state index contributed by atoms with van der Waals surface area (Å²) in [5.41, 5.74) is 4.23.